The lowest BCUT2D eigenvalue weighted by molar-refractivity contribution is -0.134. The van der Waals surface area contributed by atoms with E-state index >= 15 is 0 Å². The lowest BCUT2D eigenvalue weighted by Gasteiger charge is -2.06. The van der Waals surface area contributed by atoms with E-state index in [9.17, 15) is 9.59 Å². The van der Waals surface area contributed by atoms with E-state index in [1.165, 1.54) is 0 Å². The van der Waals surface area contributed by atoms with E-state index in [1.54, 1.807) is 24.3 Å². The number of carbonyl (C=O) groups is 2. The average Bonchev–Trinajstić information content (AvgIpc) is 2.59. The third kappa shape index (κ3) is 6.34. The number of ether oxygens (including phenoxy) is 1. The van der Waals surface area contributed by atoms with Crippen LogP contribution in [0.25, 0.3) is 0 Å². The van der Waals surface area contributed by atoms with Crippen molar-refractivity contribution in [3.8, 4) is 5.75 Å². The van der Waals surface area contributed by atoms with Crippen LogP contribution in [-0.4, -0.2) is 18.4 Å². The molecular weight excluding hydrogens is 290 g/mol. The zero-order valence-corrected chi connectivity index (χ0v) is 13.0. The molecule has 23 heavy (non-hydrogen) atoms. The maximum atomic E-state index is 11.8. The Bertz CT molecular complexity index is 611. The van der Waals surface area contributed by atoms with Crippen LogP contribution in [-0.2, 0) is 4.79 Å². The van der Waals surface area contributed by atoms with Gasteiger partial charge in [-0.1, -0.05) is 42.8 Å². The van der Waals surface area contributed by atoms with Gasteiger partial charge in [0.15, 0.2) is 0 Å². The standard InChI is InChI=1S/C19H21NO3/c21-18(23-17-12-6-2-7-13-17)14-8-3-9-15-20-19(22)16-10-4-1-5-11-16/h1-2,4-7,10-13H,3,8-9,14-15H2,(H,20,22). The first-order chi connectivity index (χ1) is 11.3. The Labute approximate surface area is 136 Å². The number of esters is 1. The van der Waals surface area contributed by atoms with Crippen molar-refractivity contribution in [3.63, 3.8) is 0 Å². The van der Waals surface area contributed by atoms with Gasteiger partial charge in [-0.25, -0.2) is 0 Å². The van der Waals surface area contributed by atoms with Crippen LogP contribution >= 0.6 is 0 Å². The van der Waals surface area contributed by atoms with Crippen LogP contribution in [0, 0.1) is 0 Å². The molecule has 0 spiro atoms. The van der Waals surface area contributed by atoms with Gasteiger partial charge in [0.25, 0.3) is 5.91 Å². The molecular formula is C19H21NO3. The van der Waals surface area contributed by atoms with E-state index in [0.717, 1.165) is 19.3 Å². The summed E-state index contributed by atoms with van der Waals surface area (Å²) in [5, 5.41) is 2.87. The summed E-state index contributed by atoms with van der Waals surface area (Å²) in [5.41, 5.74) is 0.666. The van der Waals surface area contributed by atoms with E-state index in [1.807, 2.05) is 36.4 Å². The van der Waals surface area contributed by atoms with Crippen molar-refractivity contribution in [3.05, 3.63) is 66.2 Å². The molecule has 2 rings (SSSR count). The van der Waals surface area contributed by atoms with Crippen LogP contribution in [0.5, 0.6) is 5.75 Å². The first-order valence-corrected chi connectivity index (χ1v) is 7.84. The number of hydrogen-bond acceptors (Lipinski definition) is 3. The minimum Gasteiger partial charge on any atom is -0.427 e. The Hall–Kier alpha value is -2.62. The summed E-state index contributed by atoms with van der Waals surface area (Å²) in [7, 11) is 0. The fourth-order valence-corrected chi connectivity index (χ4v) is 2.14. The van der Waals surface area contributed by atoms with Crippen molar-refractivity contribution in [1.82, 2.24) is 5.32 Å². The van der Waals surface area contributed by atoms with Gasteiger partial charge in [0, 0.05) is 18.5 Å². The van der Waals surface area contributed by atoms with Crippen LogP contribution in [0.15, 0.2) is 60.7 Å². The Morgan fingerprint density at radius 3 is 2.17 bits per heavy atom. The minimum atomic E-state index is -0.218. The summed E-state index contributed by atoms with van der Waals surface area (Å²) in [6.45, 7) is 0.613. The number of rotatable bonds is 8. The summed E-state index contributed by atoms with van der Waals surface area (Å²) in [5.74, 6) is 0.297. The van der Waals surface area contributed by atoms with Gasteiger partial charge in [0.05, 0.1) is 0 Å². The summed E-state index contributed by atoms with van der Waals surface area (Å²) < 4.78 is 5.21. The highest BCUT2D eigenvalue weighted by Gasteiger charge is 2.05. The number of para-hydroxylation sites is 1. The van der Waals surface area contributed by atoms with Crippen LogP contribution in [0.1, 0.15) is 36.0 Å². The van der Waals surface area contributed by atoms with Crippen molar-refractivity contribution < 1.29 is 14.3 Å². The molecule has 120 valence electrons. The molecule has 0 radical (unpaired) electrons. The zero-order valence-electron chi connectivity index (χ0n) is 13.0. The molecule has 0 saturated heterocycles. The maximum Gasteiger partial charge on any atom is 0.311 e. The Morgan fingerprint density at radius 2 is 1.48 bits per heavy atom. The third-order valence-corrected chi connectivity index (χ3v) is 3.35. The number of amides is 1. The Morgan fingerprint density at radius 1 is 0.826 bits per heavy atom. The quantitative estimate of drug-likeness (QED) is 0.460. The number of nitrogens with one attached hydrogen (secondary N) is 1. The van der Waals surface area contributed by atoms with Crippen molar-refractivity contribution in [1.29, 1.82) is 0 Å². The number of unbranched alkanes of at least 4 members (excludes halogenated alkanes) is 2. The molecule has 4 nitrogen and oxygen atoms in total. The van der Waals surface area contributed by atoms with Gasteiger partial charge in [-0.3, -0.25) is 9.59 Å². The van der Waals surface area contributed by atoms with E-state index in [2.05, 4.69) is 5.32 Å². The summed E-state index contributed by atoms with van der Waals surface area (Å²) in [4.78, 5) is 23.4. The molecule has 0 aliphatic carbocycles. The normalized spacial score (nSPS) is 10.1. The Balaban J connectivity index is 1.54. The fourth-order valence-electron chi connectivity index (χ4n) is 2.14. The average molecular weight is 311 g/mol. The SMILES string of the molecule is O=C(CCCCCNC(=O)c1ccccc1)Oc1ccccc1. The van der Waals surface area contributed by atoms with Crippen LogP contribution in [0.2, 0.25) is 0 Å². The largest absolute Gasteiger partial charge is 0.427 e. The second-order valence-electron chi connectivity index (χ2n) is 5.22. The minimum absolute atomic E-state index is 0.0610. The molecule has 0 atom stereocenters. The lowest BCUT2D eigenvalue weighted by atomic mass is 10.2. The van der Waals surface area contributed by atoms with Gasteiger partial charge >= 0.3 is 5.97 Å². The highest BCUT2D eigenvalue weighted by Crippen LogP contribution is 2.10. The van der Waals surface area contributed by atoms with Gasteiger partial charge in [-0.15, -0.1) is 0 Å². The van der Waals surface area contributed by atoms with E-state index in [0.29, 0.717) is 24.3 Å². The zero-order chi connectivity index (χ0) is 16.3. The molecule has 0 saturated carbocycles. The summed E-state index contributed by atoms with van der Waals surface area (Å²) in [6, 6.07) is 18.2. The second-order valence-corrected chi connectivity index (χ2v) is 5.22. The molecule has 0 bridgehead atoms. The van der Waals surface area contributed by atoms with Crippen molar-refractivity contribution >= 4 is 11.9 Å². The van der Waals surface area contributed by atoms with Crippen molar-refractivity contribution in [2.24, 2.45) is 0 Å². The fraction of sp³-hybridized carbons (Fsp3) is 0.263. The molecule has 0 aromatic heterocycles. The molecule has 1 N–H and O–H groups in total. The van der Waals surface area contributed by atoms with Crippen molar-refractivity contribution in [2.45, 2.75) is 25.7 Å². The number of carbonyl (C=O) groups excluding carboxylic acids is 2. The Kier molecular flexibility index (Phi) is 6.85. The maximum absolute atomic E-state index is 11.8. The third-order valence-electron chi connectivity index (χ3n) is 3.35. The van der Waals surface area contributed by atoms with E-state index < -0.39 is 0 Å². The predicted octanol–water partition coefficient (Wildman–Crippen LogP) is 3.58. The van der Waals surface area contributed by atoms with Gasteiger partial charge in [0.2, 0.25) is 0 Å². The molecule has 0 unspecified atom stereocenters. The van der Waals surface area contributed by atoms with Crippen LogP contribution < -0.4 is 10.1 Å². The lowest BCUT2D eigenvalue weighted by Crippen LogP contribution is -2.24. The van der Waals surface area contributed by atoms with E-state index in [4.69, 9.17) is 4.74 Å². The summed E-state index contributed by atoms with van der Waals surface area (Å²) >= 11 is 0. The molecule has 0 fully saturated rings. The van der Waals surface area contributed by atoms with Gasteiger partial charge in [0.1, 0.15) is 5.75 Å². The monoisotopic (exact) mass is 311 g/mol. The molecule has 1 amide bonds. The number of benzene rings is 2. The van der Waals surface area contributed by atoms with Crippen LogP contribution in [0.3, 0.4) is 0 Å². The highest BCUT2D eigenvalue weighted by molar-refractivity contribution is 5.94. The highest BCUT2D eigenvalue weighted by atomic mass is 16.5. The molecule has 4 heteroatoms. The smallest absolute Gasteiger partial charge is 0.311 e. The molecule has 0 aliphatic rings. The molecule has 0 heterocycles. The van der Waals surface area contributed by atoms with Crippen LogP contribution in [0.4, 0.5) is 0 Å². The van der Waals surface area contributed by atoms with Gasteiger partial charge in [-0.05, 0) is 37.1 Å². The number of hydrogen-bond donors (Lipinski definition) is 1. The van der Waals surface area contributed by atoms with Gasteiger partial charge in [-0.2, -0.15) is 0 Å². The second kappa shape index (κ2) is 9.41. The van der Waals surface area contributed by atoms with Gasteiger partial charge < -0.3 is 10.1 Å². The van der Waals surface area contributed by atoms with E-state index in [-0.39, 0.29) is 11.9 Å². The first kappa shape index (κ1) is 16.7. The predicted molar refractivity (Wildman–Crippen MR) is 89.3 cm³/mol. The topological polar surface area (TPSA) is 55.4 Å². The molecule has 2 aromatic carbocycles. The molecule has 0 aliphatic heterocycles. The summed E-state index contributed by atoms with van der Waals surface area (Å²) in [6.07, 6.45) is 2.87. The van der Waals surface area contributed by atoms with Crippen molar-refractivity contribution in [2.75, 3.05) is 6.54 Å². The molecule has 2 aromatic rings. The first-order valence-electron chi connectivity index (χ1n) is 7.84.